The van der Waals surface area contributed by atoms with Crippen molar-refractivity contribution in [1.29, 1.82) is 0 Å². The van der Waals surface area contributed by atoms with Crippen molar-refractivity contribution in [2.75, 3.05) is 13.2 Å². The summed E-state index contributed by atoms with van der Waals surface area (Å²) in [7, 11) is 0. The number of nitrogens with zero attached hydrogens (tertiary/aromatic N) is 2. The van der Waals surface area contributed by atoms with Crippen molar-refractivity contribution in [2.24, 2.45) is 4.99 Å². The third-order valence-electron chi connectivity index (χ3n) is 6.57. The lowest BCUT2D eigenvalue weighted by molar-refractivity contribution is -0.139. The number of allylic oxidation sites excluding steroid dienone is 1. The van der Waals surface area contributed by atoms with Crippen molar-refractivity contribution < 1.29 is 19.0 Å². The SMILES string of the molecule is CCOC(=O)C1=C(C)N=c2s/c(=C\c3ccc(OCc4cccc(Cl)c4)c(OCC)c3)c(=O)n2[C@@H]1c1ccccc1Cl. The van der Waals surface area contributed by atoms with E-state index in [-0.39, 0.29) is 17.7 Å². The summed E-state index contributed by atoms with van der Waals surface area (Å²) in [6.45, 7) is 6.32. The molecule has 42 heavy (non-hydrogen) atoms. The van der Waals surface area contributed by atoms with Gasteiger partial charge in [0.2, 0.25) is 0 Å². The van der Waals surface area contributed by atoms with Crippen LogP contribution >= 0.6 is 34.5 Å². The first-order chi connectivity index (χ1) is 20.3. The fraction of sp³-hybridized carbons (Fsp3) is 0.219. The molecule has 0 spiro atoms. The molecule has 0 aliphatic carbocycles. The summed E-state index contributed by atoms with van der Waals surface area (Å²) in [6.07, 6.45) is 1.78. The summed E-state index contributed by atoms with van der Waals surface area (Å²) < 4.78 is 19.2. The highest BCUT2D eigenvalue weighted by molar-refractivity contribution is 7.07. The Morgan fingerprint density at radius 3 is 2.55 bits per heavy atom. The molecule has 10 heteroatoms. The Morgan fingerprint density at radius 2 is 1.81 bits per heavy atom. The molecule has 5 rings (SSSR count). The molecule has 7 nitrogen and oxygen atoms in total. The molecule has 1 atom stereocenters. The van der Waals surface area contributed by atoms with Crippen LogP contribution in [-0.4, -0.2) is 23.8 Å². The summed E-state index contributed by atoms with van der Waals surface area (Å²) in [5, 5.41) is 1.07. The van der Waals surface area contributed by atoms with E-state index in [0.717, 1.165) is 11.1 Å². The summed E-state index contributed by atoms with van der Waals surface area (Å²) in [4.78, 5) is 32.1. The Hall–Kier alpha value is -3.85. The van der Waals surface area contributed by atoms with Crippen LogP contribution in [0.5, 0.6) is 11.5 Å². The number of carbonyl (C=O) groups is 1. The Kier molecular flexibility index (Phi) is 9.16. The lowest BCUT2D eigenvalue weighted by Gasteiger charge is -2.25. The van der Waals surface area contributed by atoms with Crippen LogP contribution in [-0.2, 0) is 16.1 Å². The topological polar surface area (TPSA) is 79.1 Å². The van der Waals surface area contributed by atoms with Crippen molar-refractivity contribution in [3.05, 3.63) is 124 Å². The summed E-state index contributed by atoms with van der Waals surface area (Å²) in [5.41, 5.74) is 2.76. The van der Waals surface area contributed by atoms with Crippen LogP contribution < -0.4 is 24.4 Å². The molecule has 1 aliphatic heterocycles. The Morgan fingerprint density at radius 1 is 1.00 bits per heavy atom. The second-order valence-corrected chi connectivity index (χ2v) is 11.2. The first-order valence-corrected chi connectivity index (χ1v) is 15.0. The largest absolute Gasteiger partial charge is 0.490 e. The van der Waals surface area contributed by atoms with Crippen molar-refractivity contribution in [3.8, 4) is 11.5 Å². The van der Waals surface area contributed by atoms with Gasteiger partial charge in [0.1, 0.15) is 12.6 Å². The lowest BCUT2D eigenvalue weighted by atomic mass is 9.96. The number of aromatic nitrogens is 1. The number of ether oxygens (including phenoxy) is 3. The predicted molar refractivity (Wildman–Crippen MR) is 165 cm³/mol. The van der Waals surface area contributed by atoms with E-state index in [1.54, 1.807) is 38.1 Å². The zero-order chi connectivity index (χ0) is 29.8. The molecule has 0 fully saturated rings. The molecule has 2 heterocycles. The predicted octanol–water partition coefficient (Wildman–Crippen LogP) is 6.08. The highest BCUT2D eigenvalue weighted by atomic mass is 35.5. The molecule has 1 aromatic heterocycles. The van der Waals surface area contributed by atoms with Crippen molar-refractivity contribution in [3.63, 3.8) is 0 Å². The van der Waals surface area contributed by atoms with Gasteiger partial charge in [-0.25, -0.2) is 9.79 Å². The van der Waals surface area contributed by atoms with Gasteiger partial charge in [-0.3, -0.25) is 9.36 Å². The average Bonchev–Trinajstić information content (AvgIpc) is 3.26. The molecule has 0 amide bonds. The highest BCUT2D eigenvalue weighted by Crippen LogP contribution is 2.34. The summed E-state index contributed by atoms with van der Waals surface area (Å²) in [5.74, 6) is 0.590. The Labute approximate surface area is 256 Å². The number of esters is 1. The molecule has 0 radical (unpaired) electrons. The van der Waals surface area contributed by atoms with Gasteiger partial charge in [0.25, 0.3) is 5.56 Å². The third-order valence-corrected chi connectivity index (χ3v) is 8.13. The molecule has 0 unspecified atom stereocenters. The normalized spacial score (nSPS) is 14.8. The molecule has 3 aromatic carbocycles. The van der Waals surface area contributed by atoms with Crippen LogP contribution in [0, 0.1) is 0 Å². The third kappa shape index (κ3) is 6.16. The van der Waals surface area contributed by atoms with Gasteiger partial charge in [0.05, 0.1) is 29.0 Å². The second-order valence-electron chi connectivity index (χ2n) is 9.38. The quantitative estimate of drug-likeness (QED) is 0.211. The monoisotopic (exact) mass is 622 g/mol. The molecule has 216 valence electrons. The van der Waals surface area contributed by atoms with E-state index in [1.807, 2.05) is 55.5 Å². The average molecular weight is 624 g/mol. The smallest absolute Gasteiger partial charge is 0.338 e. The molecule has 0 saturated carbocycles. The maximum atomic E-state index is 13.9. The van der Waals surface area contributed by atoms with Gasteiger partial charge in [-0.05, 0) is 73.9 Å². The zero-order valence-electron chi connectivity index (χ0n) is 23.2. The maximum Gasteiger partial charge on any atom is 0.338 e. The number of carbonyl (C=O) groups excluding carboxylic acids is 1. The van der Waals surface area contributed by atoms with Gasteiger partial charge in [-0.2, -0.15) is 0 Å². The van der Waals surface area contributed by atoms with Gasteiger partial charge in [-0.15, -0.1) is 0 Å². The van der Waals surface area contributed by atoms with E-state index >= 15 is 0 Å². The van der Waals surface area contributed by atoms with E-state index < -0.39 is 12.0 Å². The number of hydrogen-bond acceptors (Lipinski definition) is 7. The molecule has 1 aliphatic rings. The number of rotatable bonds is 9. The summed E-state index contributed by atoms with van der Waals surface area (Å²) in [6, 6.07) is 19.3. The van der Waals surface area contributed by atoms with Crippen LogP contribution in [0.15, 0.2) is 87.8 Å². The minimum Gasteiger partial charge on any atom is -0.490 e. The minimum absolute atomic E-state index is 0.191. The van der Waals surface area contributed by atoms with Crippen molar-refractivity contribution >= 4 is 46.6 Å². The molecule has 0 saturated heterocycles. The van der Waals surface area contributed by atoms with E-state index in [4.69, 9.17) is 37.4 Å². The Bertz CT molecular complexity index is 1860. The molecule has 4 aromatic rings. The number of thiazole rings is 1. The fourth-order valence-corrected chi connectivity index (χ4v) is 6.22. The van der Waals surface area contributed by atoms with Gasteiger partial charge in [0.15, 0.2) is 16.3 Å². The van der Waals surface area contributed by atoms with Crippen LogP contribution in [0.1, 0.15) is 43.5 Å². The lowest BCUT2D eigenvalue weighted by Crippen LogP contribution is -2.40. The molecule has 0 bridgehead atoms. The minimum atomic E-state index is -0.780. The first kappa shape index (κ1) is 29.6. The molecular formula is C32H28Cl2N2O5S. The summed E-state index contributed by atoms with van der Waals surface area (Å²) >= 11 is 13.9. The first-order valence-electron chi connectivity index (χ1n) is 13.4. The van der Waals surface area contributed by atoms with Crippen LogP contribution in [0.3, 0.4) is 0 Å². The van der Waals surface area contributed by atoms with Crippen molar-refractivity contribution in [1.82, 2.24) is 4.57 Å². The van der Waals surface area contributed by atoms with Crippen LogP contribution in [0.2, 0.25) is 10.0 Å². The standard InChI is InChI=1S/C32H28Cl2N2O5S/c1-4-39-26-16-20(13-14-25(26)41-18-21-9-8-10-22(33)15-21)17-27-30(37)36-29(23-11-6-7-12-24(23)34)28(31(38)40-5-2)19(3)35-32(36)42-27/h6-17,29H,4-5,18H2,1-3H3/b27-17-/t29-/m1/s1. The van der Waals surface area contributed by atoms with E-state index in [9.17, 15) is 9.59 Å². The number of halogens is 2. The van der Waals surface area contributed by atoms with Crippen LogP contribution in [0.25, 0.3) is 6.08 Å². The van der Waals surface area contributed by atoms with Gasteiger partial charge in [0, 0.05) is 10.0 Å². The fourth-order valence-electron chi connectivity index (χ4n) is 4.72. The van der Waals surface area contributed by atoms with Crippen LogP contribution in [0.4, 0.5) is 0 Å². The molecular weight excluding hydrogens is 595 g/mol. The number of fused-ring (bicyclic) bond motifs is 1. The highest BCUT2D eigenvalue weighted by Gasteiger charge is 2.34. The number of benzene rings is 3. The zero-order valence-corrected chi connectivity index (χ0v) is 25.6. The van der Waals surface area contributed by atoms with Crippen molar-refractivity contribution in [2.45, 2.75) is 33.4 Å². The van der Waals surface area contributed by atoms with Gasteiger partial charge < -0.3 is 14.2 Å². The van der Waals surface area contributed by atoms with Gasteiger partial charge >= 0.3 is 5.97 Å². The van der Waals surface area contributed by atoms with E-state index in [1.165, 1.54) is 15.9 Å². The van der Waals surface area contributed by atoms with E-state index in [2.05, 4.69) is 4.99 Å². The second kappa shape index (κ2) is 13.0. The Balaban J connectivity index is 1.56. The van der Waals surface area contributed by atoms with E-state index in [0.29, 0.717) is 55.4 Å². The maximum absolute atomic E-state index is 13.9. The molecule has 0 N–H and O–H groups in total. The van der Waals surface area contributed by atoms with Gasteiger partial charge in [-0.1, -0.05) is 70.9 Å². The number of hydrogen-bond donors (Lipinski definition) is 0.